The summed E-state index contributed by atoms with van der Waals surface area (Å²) in [5.41, 5.74) is 0.181. The van der Waals surface area contributed by atoms with E-state index >= 15 is 0 Å². The second kappa shape index (κ2) is 9.25. The van der Waals surface area contributed by atoms with Gasteiger partial charge in [-0.25, -0.2) is 0 Å². The molecule has 0 fully saturated rings. The molecule has 0 radical (unpaired) electrons. The lowest BCUT2D eigenvalue weighted by Gasteiger charge is -2.27. The summed E-state index contributed by atoms with van der Waals surface area (Å²) in [6.45, 7) is 0. The molecular weight excluding hydrogens is 521 g/mol. The van der Waals surface area contributed by atoms with Crippen LogP contribution in [0, 0.1) is 0 Å². The van der Waals surface area contributed by atoms with Crippen molar-refractivity contribution in [3.8, 4) is 0 Å². The molecule has 1 aliphatic heterocycles. The number of nitrogens with zero attached hydrogens (tertiary/aromatic N) is 2. The minimum absolute atomic E-state index is 0.128. The van der Waals surface area contributed by atoms with Crippen LogP contribution in [0.1, 0.15) is 27.7 Å². The third-order valence-electron chi connectivity index (χ3n) is 6.33. The molecule has 1 unspecified atom stereocenters. The minimum Gasteiger partial charge on any atom is -0.503 e. The van der Waals surface area contributed by atoms with Gasteiger partial charge in [-0.05, 0) is 60.2 Å². The summed E-state index contributed by atoms with van der Waals surface area (Å²) in [7, 11) is 3.66. The molecule has 0 bridgehead atoms. The van der Waals surface area contributed by atoms with Crippen LogP contribution < -0.4 is 9.80 Å². The van der Waals surface area contributed by atoms with Gasteiger partial charge >= 0.3 is 6.18 Å². The smallest absolute Gasteiger partial charge is 0.416 e. The predicted molar refractivity (Wildman–Crippen MR) is 138 cm³/mol. The molecule has 1 amide bonds. The van der Waals surface area contributed by atoms with Crippen molar-refractivity contribution in [2.45, 2.75) is 12.2 Å². The van der Waals surface area contributed by atoms with Gasteiger partial charge in [0.1, 0.15) is 5.58 Å². The number of anilines is 2. The number of aliphatic hydroxyl groups excluding tert-OH is 1. The molecule has 5 rings (SSSR count). The van der Waals surface area contributed by atoms with Crippen LogP contribution in [-0.2, 0) is 11.0 Å². The topological polar surface area (TPSA) is 74.0 Å². The predicted octanol–water partition coefficient (Wildman–Crippen LogP) is 6.95. The lowest BCUT2D eigenvalue weighted by Crippen LogP contribution is -2.31. The van der Waals surface area contributed by atoms with Gasteiger partial charge in [0.25, 0.3) is 5.91 Å². The van der Waals surface area contributed by atoms with E-state index in [1.54, 1.807) is 42.5 Å². The number of alkyl halides is 3. The van der Waals surface area contributed by atoms with Crippen LogP contribution in [0.4, 0.5) is 24.5 Å². The first-order valence-corrected chi connectivity index (χ1v) is 11.8. The van der Waals surface area contributed by atoms with Crippen LogP contribution in [0.2, 0.25) is 5.02 Å². The largest absolute Gasteiger partial charge is 0.503 e. The lowest BCUT2D eigenvalue weighted by atomic mass is 9.94. The summed E-state index contributed by atoms with van der Waals surface area (Å²) in [4.78, 5) is 29.9. The van der Waals surface area contributed by atoms with Gasteiger partial charge < -0.3 is 14.4 Å². The molecule has 2 heterocycles. The molecular formula is C28H20ClF3N2O4. The van der Waals surface area contributed by atoms with Crippen LogP contribution in [0.3, 0.4) is 0 Å². The highest BCUT2D eigenvalue weighted by Gasteiger charge is 2.46. The van der Waals surface area contributed by atoms with Gasteiger partial charge in [-0.15, -0.1) is 0 Å². The summed E-state index contributed by atoms with van der Waals surface area (Å²) >= 11 is 6.04. The third kappa shape index (κ3) is 4.39. The monoisotopic (exact) mass is 540 g/mol. The maximum absolute atomic E-state index is 13.7. The van der Waals surface area contributed by atoms with Gasteiger partial charge in [0.2, 0.25) is 5.78 Å². The van der Waals surface area contributed by atoms with Crippen molar-refractivity contribution in [2.75, 3.05) is 23.9 Å². The van der Waals surface area contributed by atoms with E-state index in [9.17, 15) is 27.9 Å². The number of hydrogen-bond donors (Lipinski definition) is 1. The number of rotatable bonds is 5. The van der Waals surface area contributed by atoms with Crippen molar-refractivity contribution in [2.24, 2.45) is 0 Å². The zero-order valence-electron chi connectivity index (χ0n) is 20.1. The average molecular weight is 541 g/mol. The Hall–Kier alpha value is -4.24. The number of carbonyl (C=O) groups excluding carboxylic acids is 2. The van der Waals surface area contributed by atoms with E-state index < -0.39 is 35.2 Å². The zero-order chi connectivity index (χ0) is 27.4. The Morgan fingerprint density at radius 2 is 1.74 bits per heavy atom. The number of hydrogen-bond acceptors (Lipinski definition) is 5. The van der Waals surface area contributed by atoms with E-state index in [0.29, 0.717) is 21.6 Å². The number of furan rings is 1. The summed E-state index contributed by atoms with van der Waals surface area (Å²) in [6, 6.07) is 15.9. The Labute approximate surface area is 220 Å². The zero-order valence-corrected chi connectivity index (χ0v) is 20.8. The fourth-order valence-corrected chi connectivity index (χ4v) is 4.65. The van der Waals surface area contributed by atoms with Crippen LogP contribution in [0.25, 0.3) is 11.0 Å². The van der Waals surface area contributed by atoms with Crippen LogP contribution in [0.5, 0.6) is 0 Å². The lowest BCUT2D eigenvalue weighted by molar-refractivity contribution is -0.137. The Bertz CT molecular complexity index is 1610. The van der Waals surface area contributed by atoms with Gasteiger partial charge in [-0.1, -0.05) is 29.8 Å². The molecule has 1 aromatic heterocycles. The first kappa shape index (κ1) is 25.4. The number of Topliss-reactive ketones (excluding diaryl/α,β-unsaturated/α-hetero) is 1. The second-order valence-electron chi connectivity index (χ2n) is 9.00. The van der Waals surface area contributed by atoms with Crippen LogP contribution in [-0.4, -0.2) is 30.9 Å². The average Bonchev–Trinajstić information content (AvgIpc) is 3.41. The van der Waals surface area contributed by atoms with Crippen molar-refractivity contribution in [1.29, 1.82) is 0 Å². The Kier molecular flexibility index (Phi) is 6.19. The van der Waals surface area contributed by atoms with Gasteiger partial charge in [0.05, 0.1) is 17.2 Å². The summed E-state index contributed by atoms with van der Waals surface area (Å²) in [5, 5.41) is 11.9. The van der Waals surface area contributed by atoms with E-state index in [0.717, 1.165) is 28.8 Å². The molecule has 1 aliphatic rings. The number of fused-ring (bicyclic) bond motifs is 1. The molecule has 1 atom stereocenters. The number of aliphatic hydroxyl groups is 1. The SMILES string of the molecule is CN(C)c1ccc(C2C(C(=O)c3cc4cc(Cl)ccc4o3)=C(O)C(=O)N2c2cccc(C(F)(F)F)c2)cc1. The Morgan fingerprint density at radius 1 is 1.03 bits per heavy atom. The highest BCUT2D eigenvalue weighted by Crippen LogP contribution is 2.44. The van der Waals surface area contributed by atoms with Crippen molar-refractivity contribution in [3.05, 3.63) is 106 Å². The number of benzene rings is 3. The highest BCUT2D eigenvalue weighted by molar-refractivity contribution is 6.31. The molecule has 1 N–H and O–H groups in total. The molecule has 3 aromatic carbocycles. The van der Waals surface area contributed by atoms with Crippen molar-refractivity contribution < 1.29 is 32.3 Å². The molecule has 0 saturated heterocycles. The normalized spacial score (nSPS) is 16.0. The molecule has 38 heavy (non-hydrogen) atoms. The minimum atomic E-state index is -4.66. The number of ketones is 1. The quantitative estimate of drug-likeness (QED) is 0.277. The second-order valence-corrected chi connectivity index (χ2v) is 9.43. The molecule has 6 nitrogen and oxygen atoms in total. The van der Waals surface area contributed by atoms with Crippen molar-refractivity contribution in [3.63, 3.8) is 0 Å². The first-order valence-electron chi connectivity index (χ1n) is 11.4. The molecule has 10 heteroatoms. The third-order valence-corrected chi connectivity index (χ3v) is 6.57. The fourth-order valence-electron chi connectivity index (χ4n) is 4.46. The van der Waals surface area contributed by atoms with E-state index in [1.165, 1.54) is 12.1 Å². The summed E-state index contributed by atoms with van der Waals surface area (Å²) in [6.07, 6.45) is -4.66. The van der Waals surface area contributed by atoms with E-state index in [1.807, 2.05) is 19.0 Å². The van der Waals surface area contributed by atoms with Gasteiger partial charge in [-0.2, -0.15) is 13.2 Å². The molecule has 0 saturated carbocycles. The Morgan fingerprint density at radius 3 is 2.39 bits per heavy atom. The van der Waals surface area contributed by atoms with Crippen molar-refractivity contribution in [1.82, 2.24) is 0 Å². The molecule has 0 spiro atoms. The Balaban J connectivity index is 1.66. The van der Waals surface area contributed by atoms with E-state index in [4.69, 9.17) is 16.0 Å². The molecule has 0 aliphatic carbocycles. The molecule has 4 aromatic rings. The van der Waals surface area contributed by atoms with Crippen LogP contribution >= 0.6 is 11.6 Å². The van der Waals surface area contributed by atoms with Gasteiger partial charge in [-0.3, -0.25) is 14.5 Å². The van der Waals surface area contributed by atoms with Gasteiger partial charge in [0, 0.05) is 35.9 Å². The summed E-state index contributed by atoms with van der Waals surface area (Å²) in [5.74, 6) is -2.81. The summed E-state index contributed by atoms with van der Waals surface area (Å²) < 4.78 is 46.1. The number of carbonyl (C=O) groups is 2. The molecule has 194 valence electrons. The van der Waals surface area contributed by atoms with Crippen molar-refractivity contribution >= 4 is 45.6 Å². The highest BCUT2D eigenvalue weighted by atomic mass is 35.5. The number of halogens is 4. The van der Waals surface area contributed by atoms with Gasteiger partial charge in [0.15, 0.2) is 11.5 Å². The van der Waals surface area contributed by atoms with E-state index in [2.05, 4.69) is 0 Å². The van der Waals surface area contributed by atoms with E-state index in [-0.39, 0.29) is 17.0 Å². The standard InChI is InChI=1S/C28H20ClF3N2O4/c1-33(2)19-9-6-15(7-10-19)24-23(25(35)22-13-16-12-18(29)8-11-21(16)38-22)26(36)27(37)34(24)20-5-3-4-17(14-20)28(30,31)32/h3-14,24,36H,1-2H3. The maximum atomic E-state index is 13.7. The first-order chi connectivity index (χ1) is 18.0. The van der Waals surface area contributed by atoms with Crippen LogP contribution in [0.15, 0.2) is 88.5 Å². The number of amides is 1. The maximum Gasteiger partial charge on any atom is 0.416 e. The fraction of sp³-hybridized carbons (Fsp3) is 0.143.